The first-order valence-corrected chi connectivity index (χ1v) is 7.72. The number of nitrogen functional groups attached to an aromatic ring is 1. The Bertz CT molecular complexity index is 499. The quantitative estimate of drug-likeness (QED) is 0.635. The van der Waals surface area contributed by atoms with Crippen LogP contribution in [0.5, 0.6) is 0 Å². The van der Waals surface area contributed by atoms with Crippen LogP contribution in [0.1, 0.15) is 35.8 Å². The fourth-order valence-electron chi connectivity index (χ4n) is 2.88. The summed E-state index contributed by atoms with van der Waals surface area (Å²) in [5, 5.41) is 0. The molecule has 0 atom stereocenters. The molecule has 2 heterocycles. The summed E-state index contributed by atoms with van der Waals surface area (Å²) in [7, 11) is 0. The molecule has 2 aliphatic rings. The third kappa shape index (κ3) is 3.16. The first kappa shape index (κ1) is 14.3. The SMILES string of the molecule is CCc1cc(C(=O)N2CCN(C3CC3)CC2)cc(NN)n1. The highest BCUT2D eigenvalue weighted by Crippen LogP contribution is 2.27. The second-order valence-electron chi connectivity index (χ2n) is 5.79. The molecule has 0 bridgehead atoms. The predicted octanol–water partition coefficient (Wildman–Crippen LogP) is 0.850. The van der Waals surface area contributed by atoms with Crippen LogP contribution in [0.3, 0.4) is 0 Å². The molecule has 2 fully saturated rings. The van der Waals surface area contributed by atoms with Crippen LogP contribution in [0.25, 0.3) is 0 Å². The maximum atomic E-state index is 12.6. The molecular weight excluding hydrogens is 266 g/mol. The van der Waals surface area contributed by atoms with Crippen LogP contribution < -0.4 is 11.3 Å². The predicted molar refractivity (Wildman–Crippen MR) is 81.9 cm³/mol. The highest BCUT2D eigenvalue weighted by atomic mass is 16.2. The van der Waals surface area contributed by atoms with Gasteiger partial charge >= 0.3 is 0 Å². The van der Waals surface area contributed by atoms with Crippen LogP contribution in [0.15, 0.2) is 12.1 Å². The molecule has 1 aromatic heterocycles. The van der Waals surface area contributed by atoms with Crippen molar-refractivity contribution in [1.82, 2.24) is 14.8 Å². The van der Waals surface area contributed by atoms with E-state index in [4.69, 9.17) is 5.84 Å². The van der Waals surface area contributed by atoms with Gasteiger partial charge in [-0.3, -0.25) is 9.69 Å². The standard InChI is InChI=1S/C15H23N5O/c1-2-12-9-11(10-14(17-12)18-16)15(21)20-7-5-19(6-8-20)13-3-4-13/h9-10,13H,2-8,16H2,1H3,(H,17,18). The molecule has 3 N–H and O–H groups in total. The van der Waals surface area contributed by atoms with Crippen molar-refractivity contribution in [1.29, 1.82) is 0 Å². The third-order valence-corrected chi connectivity index (χ3v) is 4.30. The second kappa shape index (κ2) is 5.99. The lowest BCUT2D eigenvalue weighted by Crippen LogP contribution is -2.49. The molecule has 114 valence electrons. The maximum Gasteiger partial charge on any atom is 0.254 e. The Morgan fingerprint density at radius 3 is 2.62 bits per heavy atom. The molecular formula is C15H23N5O. The summed E-state index contributed by atoms with van der Waals surface area (Å²) < 4.78 is 0. The molecule has 1 aromatic rings. The molecule has 0 spiro atoms. The van der Waals surface area contributed by atoms with Gasteiger partial charge in [0, 0.05) is 43.5 Å². The molecule has 1 aliphatic heterocycles. The zero-order chi connectivity index (χ0) is 14.8. The van der Waals surface area contributed by atoms with E-state index < -0.39 is 0 Å². The molecule has 1 saturated heterocycles. The lowest BCUT2D eigenvalue weighted by atomic mass is 10.1. The number of pyridine rings is 1. The Morgan fingerprint density at radius 2 is 2.05 bits per heavy atom. The molecule has 21 heavy (non-hydrogen) atoms. The van der Waals surface area contributed by atoms with Crippen molar-refractivity contribution in [2.24, 2.45) is 5.84 Å². The molecule has 6 heteroatoms. The topological polar surface area (TPSA) is 74.5 Å². The lowest BCUT2D eigenvalue weighted by Gasteiger charge is -2.35. The molecule has 1 amide bonds. The summed E-state index contributed by atoms with van der Waals surface area (Å²) in [6, 6.07) is 4.38. The van der Waals surface area contributed by atoms with Crippen molar-refractivity contribution >= 4 is 11.7 Å². The summed E-state index contributed by atoms with van der Waals surface area (Å²) in [5.41, 5.74) is 4.10. The van der Waals surface area contributed by atoms with E-state index in [-0.39, 0.29) is 5.91 Å². The van der Waals surface area contributed by atoms with Crippen molar-refractivity contribution in [3.63, 3.8) is 0 Å². The number of hydrogen-bond acceptors (Lipinski definition) is 5. The number of carbonyl (C=O) groups is 1. The zero-order valence-electron chi connectivity index (χ0n) is 12.5. The number of nitrogens with one attached hydrogen (secondary N) is 1. The minimum absolute atomic E-state index is 0.0825. The van der Waals surface area contributed by atoms with E-state index in [0.29, 0.717) is 11.4 Å². The number of nitrogens with two attached hydrogens (primary N) is 1. The number of rotatable bonds is 4. The Kier molecular flexibility index (Phi) is 4.07. The summed E-state index contributed by atoms with van der Waals surface area (Å²) >= 11 is 0. The maximum absolute atomic E-state index is 12.6. The summed E-state index contributed by atoms with van der Waals surface area (Å²) in [4.78, 5) is 21.4. The highest BCUT2D eigenvalue weighted by molar-refractivity contribution is 5.95. The Balaban J connectivity index is 1.69. The number of aryl methyl sites for hydroxylation is 1. The minimum Gasteiger partial charge on any atom is -0.336 e. The number of anilines is 1. The average molecular weight is 289 g/mol. The van der Waals surface area contributed by atoms with Gasteiger partial charge in [0.1, 0.15) is 5.82 Å². The molecule has 1 saturated carbocycles. The van der Waals surface area contributed by atoms with E-state index in [1.807, 2.05) is 17.9 Å². The van der Waals surface area contributed by atoms with Crippen LogP contribution >= 0.6 is 0 Å². The third-order valence-electron chi connectivity index (χ3n) is 4.30. The van der Waals surface area contributed by atoms with Crippen LogP contribution in [0.4, 0.5) is 5.82 Å². The number of piperazine rings is 1. The summed E-state index contributed by atoms with van der Waals surface area (Å²) in [6.07, 6.45) is 3.43. The summed E-state index contributed by atoms with van der Waals surface area (Å²) in [5.74, 6) is 6.07. The van der Waals surface area contributed by atoms with Crippen molar-refractivity contribution in [2.45, 2.75) is 32.2 Å². The average Bonchev–Trinajstić information content (AvgIpc) is 3.38. The number of nitrogens with zero attached hydrogens (tertiary/aromatic N) is 3. The normalized spacial score (nSPS) is 19.6. The van der Waals surface area contributed by atoms with E-state index in [2.05, 4.69) is 15.3 Å². The van der Waals surface area contributed by atoms with Gasteiger partial charge in [-0.25, -0.2) is 10.8 Å². The van der Waals surface area contributed by atoms with E-state index in [0.717, 1.165) is 44.3 Å². The van der Waals surface area contributed by atoms with E-state index in [9.17, 15) is 4.79 Å². The van der Waals surface area contributed by atoms with Crippen molar-refractivity contribution in [3.05, 3.63) is 23.4 Å². The lowest BCUT2D eigenvalue weighted by molar-refractivity contribution is 0.0627. The Hall–Kier alpha value is -1.66. The zero-order valence-corrected chi connectivity index (χ0v) is 12.5. The summed E-state index contributed by atoms with van der Waals surface area (Å²) in [6.45, 7) is 5.62. The monoisotopic (exact) mass is 289 g/mol. The molecule has 0 radical (unpaired) electrons. The fraction of sp³-hybridized carbons (Fsp3) is 0.600. The number of hydrazine groups is 1. The molecule has 0 aromatic carbocycles. The first-order valence-electron chi connectivity index (χ1n) is 7.72. The van der Waals surface area contributed by atoms with Gasteiger partial charge in [-0.15, -0.1) is 0 Å². The van der Waals surface area contributed by atoms with Crippen LogP contribution in [0.2, 0.25) is 0 Å². The second-order valence-corrected chi connectivity index (χ2v) is 5.79. The van der Waals surface area contributed by atoms with Gasteiger partial charge in [0.05, 0.1) is 0 Å². The van der Waals surface area contributed by atoms with E-state index >= 15 is 0 Å². The van der Waals surface area contributed by atoms with Gasteiger partial charge < -0.3 is 10.3 Å². The van der Waals surface area contributed by atoms with Crippen LogP contribution in [-0.4, -0.2) is 52.9 Å². The van der Waals surface area contributed by atoms with Gasteiger partial charge in [-0.2, -0.15) is 0 Å². The van der Waals surface area contributed by atoms with Crippen LogP contribution in [0, 0.1) is 0 Å². The van der Waals surface area contributed by atoms with Gasteiger partial charge in [0.2, 0.25) is 0 Å². The molecule has 6 nitrogen and oxygen atoms in total. The number of hydrogen-bond donors (Lipinski definition) is 2. The van der Waals surface area contributed by atoms with Gasteiger partial charge in [0.15, 0.2) is 0 Å². The Labute approximate surface area is 125 Å². The van der Waals surface area contributed by atoms with Crippen molar-refractivity contribution in [3.8, 4) is 0 Å². The minimum atomic E-state index is 0.0825. The Morgan fingerprint density at radius 1 is 1.33 bits per heavy atom. The largest absolute Gasteiger partial charge is 0.336 e. The number of aromatic nitrogens is 1. The van der Waals surface area contributed by atoms with Gasteiger partial charge in [-0.1, -0.05) is 6.92 Å². The van der Waals surface area contributed by atoms with Gasteiger partial charge in [-0.05, 0) is 31.4 Å². The molecule has 3 rings (SSSR count). The van der Waals surface area contributed by atoms with E-state index in [1.165, 1.54) is 12.8 Å². The fourth-order valence-corrected chi connectivity index (χ4v) is 2.88. The number of amides is 1. The van der Waals surface area contributed by atoms with Crippen LogP contribution in [-0.2, 0) is 6.42 Å². The first-order chi connectivity index (χ1) is 10.2. The highest BCUT2D eigenvalue weighted by Gasteiger charge is 2.32. The van der Waals surface area contributed by atoms with Gasteiger partial charge in [0.25, 0.3) is 5.91 Å². The molecule has 0 unspecified atom stereocenters. The number of carbonyl (C=O) groups excluding carboxylic acids is 1. The van der Waals surface area contributed by atoms with Crippen molar-refractivity contribution in [2.75, 3.05) is 31.6 Å². The van der Waals surface area contributed by atoms with E-state index in [1.54, 1.807) is 6.07 Å². The van der Waals surface area contributed by atoms with Crippen molar-refractivity contribution < 1.29 is 4.79 Å². The molecule has 1 aliphatic carbocycles. The smallest absolute Gasteiger partial charge is 0.254 e.